The van der Waals surface area contributed by atoms with Crippen LogP contribution in [0.25, 0.3) is 11.1 Å². The number of aliphatic hydroxyl groups excluding tert-OH is 1. The van der Waals surface area contributed by atoms with E-state index >= 15 is 0 Å². The number of ether oxygens (including phenoxy) is 1. The number of thiazole rings is 1. The van der Waals surface area contributed by atoms with Crippen molar-refractivity contribution < 1.29 is 29.3 Å². The second-order valence-corrected chi connectivity index (χ2v) is 8.91. The van der Waals surface area contributed by atoms with Crippen LogP contribution in [0.4, 0.5) is 9.93 Å². The Balaban J connectivity index is 1.41. The van der Waals surface area contributed by atoms with E-state index in [-0.39, 0.29) is 22.5 Å². The number of carboxylic acid groups (broad SMARTS) is 1. The first-order valence-electron chi connectivity index (χ1n) is 10.6. The maximum atomic E-state index is 12.5. The molecule has 1 aromatic heterocycles. The van der Waals surface area contributed by atoms with Crippen molar-refractivity contribution >= 4 is 34.4 Å². The van der Waals surface area contributed by atoms with E-state index in [0.717, 1.165) is 33.6 Å². The van der Waals surface area contributed by atoms with Gasteiger partial charge in [0.05, 0.1) is 11.8 Å². The van der Waals surface area contributed by atoms with Crippen molar-refractivity contribution in [3.63, 3.8) is 0 Å². The van der Waals surface area contributed by atoms with Gasteiger partial charge in [-0.25, -0.2) is 14.6 Å². The Labute approximate surface area is 199 Å². The highest BCUT2D eigenvalue weighted by molar-refractivity contribution is 7.17. The number of carbonyl (C=O) groups is 3. The molecule has 2 unspecified atom stereocenters. The van der Waals surface area contributed by atoms with E-state index in [2.05, 4.69) is 15.6 Å². The molecule has 9 nitrogen and oxygen atoms in total. The van der Waals surface area contributed by atoms with Crippen LogP contribution in [0.3, 0.4) is 0 Å². The van der Waals surface area contributed by atoms with E-state index in [4.69, 9.17) is 9.84 Å². The number of hydrogen-bond acceptors (Lipinski definition) is 7. The zero-order valence-corrected chi connectivity index (χ0v) is 19.3. The third-order valence-electron chi connectivity index (χ3n) is 5.59. The molecule has 1 aliphatic carbocycles. The second kappa shape index (κ2) is 9.62. The summed E-state index contributed by atoms with van der Waals surface area (Å²) >= 11 is 0.887. The van der Waals surface area contributed by atoms with Gasteiger partial charge in [0.15, 0.2) is 11.2 Å². The van der Waals surface area contributed by atoms with Crippen molar-refractivity contribution in [1.29, 1.82) is 0 Å². The summed E-state index contributed by atoms with van der Waals surface area (Å²) in [5.41, 5.74) is 4.73. The van der Waals surface area contributed by atoms with Crippen LogP contribution in [0.1, 0.15) is 39.3 Å². The number of aliphatic hydroxyl groups is 1. The molecule has 34 heavy (non-hydrogen) atoms. The van der Waals surface area contributed by atoms with Crippen molar-refractivity contribution in [3.8, 4) is 11.1 Å². The van der Waals surface area contributed by atoms with Gasteiger partial charge in [-0.3, -0.25) is 10.1 Å². The number of aromatic nitrogens is 1. The number of rotatable bonds is 7. The topological polar surface area (TPSA) is 138 Å². The van der Waals surface area contributed by atoms with E-state index in [0.29, 0.717) is 5.69 Å². The van der Waals surface area contributed by atoms with Crippen LogP contribution in [0, 0.1) is 6.92 Å². The third-order valence-corrected chi connectivity index (χ3v) is 6.66. The van der Waals surface area contributed by atoms with Gasteiger partial charge >= 0.3 is 12.1 Å². The molecule has 0 fully saturated rings. The van der Waals surface area contributed by atoms with Gasteiger partial charge < -0.3 is 20.3 Å². The first-order chi connectivity index (χ1) is 16.3. The molecular weight excluding hydrogens is 458 g/mol. The summed E-state index contributed by atoms with van der Waals surface area (Å²) < 4.78 is 5.49. The van der Waals surface area contributed by atoms with Crippen LogP contribution in [-0.2, 0) is 9.53 Å². The summed E-state index contributed by atoms with van der Waals surface area (Å²) in [6.07, 6.45) is -2.00. The number of carbonyl (C=O) groups excluding carboxylic acids is 2. The maximum absolute atomic E-state index is 12.5. The lowest BCUT2D eigenvalue weighted by Crippen LogP contribution is -2.47. The van der Waals surface area contributed by atoms with Crippen molar-refractivity contribution in [3.05, 3.63) is 70.2 Å². The number of carboxylic acids is 1. The van der Waals surface area contributed by atoms with Crippen LogP contribution in [0.2, 0.25) is 0 Å². The highest BCUT2D eigenvalue weighted by atomic mass is 32.1. The van der Waals surface area contributed by atoms with Crippen molar-refractivity contribution in [2.75, 3.05) is 11.9 Å². The van der Waals surface area contributed by atoms with Crippen LogP contribution < -0.4 is 10.6 Å². The van der Waals surface area contributed by atoms with E-state index < -0.39 is 30.1 Å². The molecule has 1 aliphatic rings. The highest BCUT2D eigenvalue weighted by Gasteiger charge is 2.30. The van der Waals surface area contributed by atoms with Gasteiger partial charge in [-0.15, -0.1) is 0 Å². The quantitative estimate of drug-likeness (QED) is 0.406. The molecule has 0 radical (unpaired) electrons. The van der Waals surface area contributed by atoms with Crippen molar-refractivity contribution in [2.24, 2.45) is 0 Å². The molecule has 10 heteroatoms. The lowest BCUT2D eigenvalue weighted by atomic mass is 9.98. The number of aliphatic carboxylic acids is 1. The zero-order valence-electron chi connectivity index (χ0n) is 18.4. The first kappa shape index (κ1) is 23.4. The Hall–Kier alpha value is -3.76. The second-order valence-electron chi connectivity index (χ2n) is 7.91. The number of fused-ring (bicyclic) bond motifs is 3. The zero-order chi connectivity index (χ0) is 24.4. The lowest BCUT2D eigenvalue weighted by Gasteiger charge is -2.16. The normalized spacial score (nSPS) is 14.0. The van der Waals surface area contributed by atoms with Gasteiger partial charge in [-0.2, -0.15) is 0 Å². The Morgan fingerprint density at radius 3 is 2.24 bits per heavy atom. The number of amides is 2. The smallest absolute Gasteiger partial charge is 0.413 e. The Kier molecular flexibility index (Phi) is 6.62. The average molecular weight is 482 g/mol. The van der Waals surface area contributed by atoms with Crippen molar-refractivity contribution in [1.82, 2.24) is 10.3 Å². The largest absolute Gasteiger partial charge is 0.480 e. The average Bonchev–Trinajstić information content (AvgIpc) is 3.32. The molecule has 2 atom stereocenters. The third kappa shape index (κ3) is 4.63. The first-order valence-corrected chi connectivity index (χ1v) is 11.4. The molecule has 2 aromatic carbocycles. The summed E-state index contributed by atoms with van der Waals surface area (Å²) in [5, 5.41) is 23.6. The van der Waals surface area contributed by atoms with Crippen LogP contribution in [0.15, 0.2) is 48.5 Å². The van der Waals surface area contributed by atoms with Crippen molar-refractivity contribution in [2.45, 2.75) is 31.9 Å². The number of hydrogen-bond donors (Lipinski definition) is 4. The molecule has 0 aliphatic heterocycles. The predicted molar refractivity (Wildman–Crippen MR) is 126 cm³/mol. The molecule has 3 aromatic rings. The highest BCUT2D eigenvalue weighted by Crippen LogP contribution is 2.44. The molecule has 0 saturated carbocycles. The molecular formula is C24H23N3O6S. The number of aryl methyl sites for hydroxylation is 1. The minimum absolute atomic E-state index is 0.0917. The number of benzene rings is 2. The SMILES string of the molecule is Cc1nc(NC(=O)OCC2c3ccccc3-c3ccccc32)sc1C(=O)NC(C(=O)O)C(C)O. The molecule has 2 amide bonds. The van der Waals surface area contributed by atoms with E-state index in [1.54, 1.807) is 6.92 Å². The Morgan fingerprint density at radius 2 is 1.68 bits per heavy atom. The maximum Gasteiger partial charge on any atom is 0.413 e. The van der Waals surface area contributed by atoms with Crippen LogP contribution in [-0.4, -0.2) is 51.9 Å². The van der Waals surface area contributed by atoms with Gasteiger partial charge in [0.1, 0.15) is 11.5 Å². The minimum atomic E-state index is -1.47. The summed E-state index contributed by atoms with van der Waals surface area (Å²) in [5.74, 6) is -2.16. The van der Waals surface area contributed by atoms with Gasteiger partial charge in [-0.1, -0.05) is 59.9 Å². The molecule has 1 heterocycles. The molecule has 4 N–H and O–H groups in total. The molecule has 176 valence electrons. The summed E-state index contributed by atoms with van der Waals surface area (Å²) in [6.45, 7) is 2.96. The van der Waals surface area contributed by atoms with Gasteiger partial charge in [0.2, 0.25) is 0 Å². The molecule has 0 saturated heterocycles. The lowest BCUT2D eigenvalue weighted by molar-refractivity contribution is -0.141. The van der Waals surface area contributed by atoms with Gasteiger partial charge in [0.25, 0.3) is 5.91 Å². The number of nitrogens with one attached hydrogen (secondary N) is 2. The fraction of sp³-hybridized carbons (Fsp3) is 0.250. The number of anilines is 1. The van der Waals surface area contributed by atoms with E-state index in [9.17, 15) is 19.5 Å². The predicted octanol–water partition coefficient (Wildman–Crippen LogP) is 3.38. The summed E-state index contributed by atoms with van der Waals surface area (Å²) in [4.78, 5) is 40.4. The number of nitrogens with zero attached hydrogens (tertiary/aromatic N) is 1. The Morgan fingerprint density at radius 1 is 1.09 bits per heavy atom. The van der Waals surface area contributed by atoms with E-state index in [1.807, 2.05) is 48.5 Å². The van der Waals surface area contributed by atoms with Crippen LogP contribution >= 0.6 is 11.3 Å². The fourth-order valence-corrected chi connectivity index (χ4v) is 4.83. The monoisotopic (exact) mass is 481 g/mol. The summed E-state index contributed by atoms with van der Waals surface area (Å²) in [6, 6.07) is 14.5. The summed E-state index contributed by atoms with van der Waals surface area (Å²) in [7, 11) is 0. The van der Waals surface area contributed by atoms with Gasteiger partial charge in [-0.05, 0) is 36.1 Å². The Bertz CT molecular complexity index is 1210. The minimum Gasteiger partial charge on any atom is -0.480 e. The van der Waals surface area contributed by atoms with E-state index in [1.165, 1.54) is 6.92 Å². The molecule has 0 bridgehead atoms. The molecule has 4 rings (SSSR count). The fourth-order valence-electron chi connectivity index (χ4n) is 3.98. The molecule has 0 spiro atoms. The van der Waals surface area contributed by atoms with Gasteiger partial charge in [0, 0.05) is 5.92 Å². The standard InChI is InChI=1S/C24H23N3O6S/c1-12-20(21(29)26-19(13(2)28)22(30)31)34-23(25-12)27-24(32)33-11-18-16-9-5-3-7-14(16)15-8-4-6-10-17(15)18/h3-10,13,18-19,28H,11H2,1-2H3,(H,26,29)(H,30,31)(H,25,27,32). The van der Waals surface area contributed by atoms with Crippen LogP contribution in [0.5, 0.6) is 0 Å².